The summed E-state index contributed by atoms with van der Waals surface area (Å²) in [7, 11) is 0. The maximum Gasteiger partial charge on any atom is 0.410 e. The molecular weight excluding hydrogens is 256 g/mol. The number of carbonyl (C=O) groups is 1. The molecule has 1 saturated heterocycles. The van der Waals surface area contributed by atoms with Gasteiger partial charge in [0.05, 0.1) is 11.6 Å². The third kappa shape index (κ3) is 3.60. The minimum absolute atomic E-state index is 0.169. The number of aromatic nitrogens is 1. The summed E-state index contributed by atoms with van der Waals surface area (Å²) in [5.41, 5.74) is 0.0594. The van der Waals surface area contributed by atoms with Gasteiger partial charge < -0.3 is 15.0 Å². The van der Waals surface area contributed by atoms with E-state index in [1.165, 1.54) is 6.20 Å². The van der Waals surface area contributed by atoms with Gasteiger partial charge in [-0.15, -0.1) is 0 Å². The molecule has 0 atom stereocenters. The summed E-state index contributed by atoms with van der Waals surface area (Å²) in [6, 6.07) is 5.66. The number of rotatable bonds is 2. The molecule has 6 heteroatoms. The van der Waals surface area contributed by atoms with Crippen molar-refractivity contribution in [3.05, 3.63) is 23.9 Å². The van der Waals surface area contributed by atoms with E-state index in [4.69, 9.17) is 10.00 Å². The van der Waals surface area contributed by atoms with E-state index < -0.39 is 5.60 Å². The van der Waals surface area contributed by atoms with E-state index in [0.29, 0.717) is 24.5 Å². The van der Waals surface area contributed by atoms with E-state index in [1.807, 2.05) is 26.8 Å². The van der Waals surface area contributed by atoms with E-state index in [0.717, 1.165) is 0 Å². The van der Waals surface area contributed by atoms with Crippen LogP contribution in [0.2, 0.25) is 0 Å². The van der Waals surface area contributed by atoms with Gasteiger partial charge in [-0.25, -0.2) is 9.78 Å². The summed E-state index contributed by atoms with van der Waals surface area (Å²) in [6.07, 6.45) is 1.23. The highest BCUT2D eigenvalue weighted by atomic mass is 16.6. The number of amides is 1. The number of likely N-dealkylation sites (tertiary alicyclic amines) is 1. The Morgan fingerprint density at radius 2 is 2.20 bits per heavy atom. The van der Waals surface area contributed by atoms with Gasteiger partial charge >= 0.3 is 6.09 Å². The van der Waals surface area contributed by atoms with Gasteiger partial charge in [-0.1, -0.05) is 0 Å². The molecule has 1 aliphatic heterocycles. The van der Waals surface area contributed by atoms with Crippen molar-refractivity contribution in [2.45, 2.75) is 32.4 Å². The van der Waals surface area contributed by atoms with Gasteiger partial charge in [0.15, 0.2) is 0 Å². The molecule has 1 aromatic rings. The largest absolute Gasteiger partial charge is 0.444 e. The number of hydrogen-bond donors (Lipinski definition) is 1. The molecule has 0 saturated carbocycles. The fraction of sp³-hybridized carbons (Fsp3) is 0.500. The predicted octanol–water partition coefficient (Wildman–Crippen LogP) is 1.98. The minimum atomic E-state index is -0.468. The normalized spacial score (nSPS) is 15.2. The molecule has 0 bridgehead atoms. The molecule has 106 valence electrons. The van der Waals surface area contributed by atoms with Crippen LogP contribution in [0.15, 0.2) is 18.3 Å². The molecule has 20 heavy (non-hydrogen) atoms. The number of nitriles is 1. The van der Waals surface area contributed by atoms with Crippen molar-refractivity contribution in [2.75, 3.05) is 18.4 Å². The highest BCUT2D eigenvalue weighted by Gasteiger charge is 2.33. The predicted molar refractivity (Wildman–Crippen MR) is 74.2 cm³/mol. The summed E-state index contributed by atoms with van der Waals surface area (Å²) < 4.78 is 5.28. The molecule has 0 spiro atoms. The number of hydrogen-bond acceptors (Lipinski definition) is 5. The van der Waals surface area contributed by atoms with Crippen LogP contribution in [0.4, 0.5) is 10.6 Å². The van der Waals surface area contributed by atoms with Crippen LogP contribution in [0.1, 0.15) is 26.3 Å². The van der Waals surface area contributed by atoms with Gasteiger partial charge in [0.2, 0.25) is 0 Å². The molecule has 1 fully saturated rings. The van der Waals surface area contributed by atoms with Crippen LogP contribution in [0.25, 0.3) is 0 Å². The van der Waals surface area contributed by atoms with E-state index in [9.17, 15) is 4.79 Å². The molecule has 6 nitrogen and oxygen atoms in total. The van der Waals surface area contributed by atoms with Crippen molar-refractivity contribution in [1.29, 1.82) is 5.26 Å². The van der Waals surface area contributed by atoms with Gasteiger partial charge in [-0.2, -0.15) is 5.26 Å². The molecule has 2 rings (SSSR count). The second-order valence-corrected chi connectivity index (χ2v) is 5.77. The molecule has 1 N–H and O–H groups in total. The highest BCUT2D eigenvalue weighted by Crippen LogP contribution is 2.17. The second-order valence-electron chi connectivity index (χ2n) is 5.77. The van der Waals surface area contributed by atoms with E-state index >= 15 is 0 Å². The van der Waals surface area contributed by atoms with Crippen molar-refractivity contribution in [1.82, 2.24) is 9.88 Å². The molecule has 0 radical (unpaired) electrons. The first kappa shape index (κ1) is 14.1. The standard InChI is InChI=1S/C14H18N4O2/c1-14(2,3)20-13(19)18-8-11(9-18)17-12-5-4-10(6-15)7-16-12/h4-5,7,11H,8-9H2,1-3H3,(H,16,17). The van der Waals surface area contributed by atoms with Crippen LogP contribution in [0.5, 0.6) is 0 Å². The summed E-state index contributed by atoms with van der Waals surface area (Å²) in [5.74, 6) is 0.706. The lowest BCUT2D eigenvalue weighted by molar-refractivity contribution is 0.0104. The molecule has 0 aromatic carbocycles. The summed E-state index contributed by atoms with van der Waals surface area (Å²) in [4.78, 5) is 17.5. The van der Waals surface area contributed by atoms with Crippen LogP contribution in [0.3, 0.4) is 0 Å². The van der Waals surface area contributed by atoms with Crippen LogP contribution in [-0.2, 0) is 4.74 Å². The topological polar surface area (TPSA) is 78.2 Å². The van der Waals surface area contributed by atoms with Crippen LogP contribution < -0.4 is 5.32 Å². The fourth-order valence-electron chi connectivity index (χ4n) is 1.80. The van der Waals surface area contributed by atoms with Crippen LogP contribution >= 0.6 is 0 Å². The van der Waals surface area contributed by atoms with Crippen molar-refractivity contribution < 1.29 is 9.53 Å². The zero-order valence-electron chi connectivity index (χ0n) is 11.9. The maximum atomic E-state index is 11.7. The van der Waals surface area contributed by atoms with Crippen molar-refractivity contribution in [3.8, 4) is 6.07 Å². The molecule has 0 aliphatic carbocycles. The Morgan fingerprint density at radius 1 is 1.50 bits per heavy atom. The van der Waals surface area contributed by atoms with Crippen molar-refractivity contribution in [3.63, 3.8) is 0 Å². The Labute approximate surface area is 118 Å². The second kappa shape index (κ2) is 5.37. The lowest BCUT2D eigenvalue weighted by atomic mass is 10.1. The first-order valence-electron chi connectivity index (χ1n) is 6.48. The summed E-state index contributed by atoms with van der Waals surface area (Å²) >= 11 is 0. The lowest BCUT2D eigenvalue weighted by Crippen LogP contribution is -2.58. The van der Waals surface area contributed by atoms with Crippen LogP contribution in [0, 0.1) is 11.3 Å². The van der Waals surface area contributed by atoms with Gasteiger partial charge in [-0.05, 0) is 32.9 Å². The van der Waals surface area contributed by atoms with Crippen molar-refractivity contribution in [2.24, 2.45) is 0 Å². The van der Waals surface area contributed by atoms with E-state index in [1.54, 1.807) is 17.0 Å². The average Bonchev–Trinajstić information content (AvgIpc) is 2.31. The average molecular weight is 274 g/mol. The summed E-state index contributed by atoms with van der Waals surface area (Å²) in [6.45, 7) is 6.73. The smallest absolute Gasteiger partial charge is 0.410 e. The molecule has 0 unspecified atom stereocenters. The Hall–Kier alpha value is -2.29. The Kier molecular flexibility index (Phi) is 3.79. The molecule has 2 heterocycles. The first-order valence-corrected chi connectivity index (χ1v) is 6.48. The highest BCUT2D eigenvalue weighted by molar-refractivity contribution is 5.69. The molecule has 1 aromatic heterocycles. The number of nitrogens with one attached hydrogen (secondary N) is 1. The van der Waals surface area contributed by atoms with Crippen LogP contribution in [-0.4, -0.2) is 40.7 Å². The van der Waals surface area contributed by atoms with E-state index in [2.05, 4.69) is 10.3 Å². The van der Waals surface area contributed by atoms with Gasteiger partial charge in [0.25, 0.3) is 0 Å². The number of pyridine rings is 1. The molecular formula is C14H18N4O2. The Bertz CT molecular complexity index is 522. The number of anilines is 1. The minimum Gasteiger partial charge on any atom is -0.444 e. The number of ether oxygens (including phenoxy) is 1. The Balaban J connectivity index is 1.79. The quantitative estimate of drug-likeness (QED) is 0.892. The van der Waals surface area contributed by atoms with Crippen molar-refractivity contribution >= 4 is 11.9 Å². The monoisotopic (exact) mass is 274 g/mol. The zero-order chi connectivity index (χ0) is 14.8. The fourth-order valence-corrected chi connectivity index (χ4v) is 1.80. The van der Waals surface area contributed by atoms with Gasteiger partial charge in [0, 0.05) is 19.3 Å². The molecule has 1 amide bonds. The third-order valence-corrected chi connectivity index (χ3v) is 2.78. The SMILES string of the molecule is CC(C)(C)OC(=O)N1CC(Nc2ccc(C#N)cn2)C1. The Morgan fingerprint density at radius 3 is 2.70 bits per heavy atom. The van der Waals surface area contributed by atoms with Gasteiger partial charge in [-0.3, -0.25) is 0 Å². The van der Waals surface area contributed by atoms with E-state index in [-0.39, 0.29) is 12.1 Å². The zero-order valence-corrected chi connectivity index (χ0v) is 11.9. The lowest BCUT2D eigenvalue weighted by Gasteiger charge is -2.40. The summed E-state index contributed by atoms with van der Waals surface area (Å²) in [5, 5.41) is 11.9. The maximum absolute atomic E-state index is 11.7. The molecule has 1 aliphatic rings. The number of carbonyl (C=O) groups excluding carboxylic acids is 1. The number of nitrogens with zero attached hydrogens (tertiary/aromatic N) is 3. The third-order valence-electron chi connectivity index (χ3n) is 2.78. The van der Waals surface area contributed by atoms with Gasteiger partial charge in [0.1, 0.15) is 17.5 Å². The first-order chi connectivity index (χ1) is 9.37.